The first-order valence-corrected chi connectivity index (χ1v) is 8.64. The van der Waals surface area contributed by atoms with E-state index in [-0.39, 0.29) is 25.1 Å². The van der Waals surface area contributed by atoms with E-state index in [1.807, 2.05) is 28.1 Å². The topological polar surface area (TPSA) is 91.1 Å². The van der Waals surface area contributed by atoms with Crippen LogP contribution in [0, 0.1) is 0 Å². The van der Waals surface area contributed by atoms with Crippen molar-refractivity contribution in [1.82, 2.24) is 15.2 Å². The molecule has 0 aliphatic carbocycles. The first kappa shape index (κ1) is 18.6. The summed E-state index contributed by atoms with van der Waals surface area (Å²) < 4.78 is 11.3. The molecule has 142 valence electrons. The fourth-order valence-electron chi connectivity index (χ4n) is 3.14. The minimum absolute atomic E-state index is 0.104. The summed E-state index contributed by atoms with van der Waals surface area (Å²) >= 11 is 0. The monoisotopic (exact) mass is 362 g/mol. The summed E-state index contributed by atoms with van der Waals surface area (Å²) in [5, 5.41) is 12.9. The van der Waals surface area contributed by atoms with E-state index in [0.29, 0.717) is 35.9 Å². The molecule has 0 saturated carbocycles. The molecule has 1 aliphatic heterocycles. The van der Waals surface area contributed by atoms with Gasteiger partial charge in [-0.05, 0) is 26.1 Å². The Bertz CT molecular complexity index is 791. The Balaban J connectivity index is 1.81. The molecule has 1 saturated heterocycles. The minimum atomic E-state index is -0.639. The Kier molecular flexibility index (Phi) is 5.17. The highest BCUT2D eigenvalue weighted by Crippen LogP contribution is 2.25. The van der Waals surface area contributed by atoms with Crippen LogP contribution in [0.3, 0.4) is 0 Å². The highest BCUT2D eigenvalue weighted by molar-refractivity contribution is 6.04. The number of fused-ring (bicyclic) bond motifs is 1. The number of para-hydroxylation sites is 1. The lowest BCUT2D eigenvalue weighted by Crippen LogP contribution is -2.65. The molecule has 26 heavy (non-hydrogen) atoms. The predicted octanol–water partition coefficient (Wildman–Crippen LogP) is 0.705. The van der Waals surface area contributed by atoms with E-state index in [1.54, 1.807) is 23.1 Å². The zero-order chi connectivity index (χ0) is 18.9. The van der Waals surface area contributed by atoms with Gasteiger partial charge >= 0.3 is 0 Å². The number of likely N-dealkylation sites (N-methyl/N-ethyl adjacent to an activating group) is 1. The Hall–Kier alpha value is -2.16. The van der Waals surface area contributed by atoms with Crippen molar-refractivity contribution in [3.63, 3.8) is 0 Å². The molecular weight excluding hydrogens is 336 g/mol. The molecule has 0 unspecified atom stereocenters. The molecule has 1 aromatic heterocycles. The molecule has 3 rings (SSSR count). The van der Waals surface area contributed by atoms with Gasteiger partial charge in [0.2, 0.25) is 0 Å². The van der Waals surface area contributed by atoms with Crippen molar-refractivity contribution in [2.45, 2.75) is 18.5 Å². The quantitative estimate of drug-likeness (QED) is 0.809. The van der Waals surface area contributed by atoms with Gasteiger partial charge in [0.25, 0.3) is 11.9 Å². The molecule has 1 aliphatic rings. The van der Waals surface area contributed by atoms with Gasteiger partial charge in [0.05, 0.1) is 30.9 Å². The zero-order valence-electron chi connectivity index (χ0n) is 15.7. The van der Waals surface area contributed by atoms with Crippen LogP contribution in [-0.2, 0) is 4.74 Å². The molecule has 8 heteroatoms. The van der Waals surface area contributed by atoms with Gasteiger partial charge < -0.3 is 24.5 Å². The third-order valence-corrected chi connectivity index (χ3v) is 5.05. The number of anilines is 1. The number of morpholine rings is 1. The lowest BCUT2D eigenvalue weighted by Gasteiger charge is -2.47. The smallest absolute Gasteiger partial charge is 0.297 e. The number of aliphatic hydroxyl groups excluding tert-OH is 1. The van der Waals surface area contributed by atoms with Crippen molar-refractivity contribution < 1.29 is 19.1 Å². The maximum Gasteiger partial charge on any atom is 0.297 e. The first-order valence-electron chi connectivity index (χ1n) is 8.64. The number of oxazole rings is 1. The number of hydrogen-bond donors (Lipinski definition) is 2. The minimum Gasteiger partial charge on any atom is -0.423 e. The molecule has 0 radical (unpaired) electrons. The van der Waals surface area contributed by atoms with Gasteiger partial charge in [-0.25, -0.2) is 0 Å². The molecule has 8 nitrogen and oxygen atoms in total. The number of rotatable bonds is 5. The van der Waals surface area contributed by atoms with Crippen LogP contribution >= 0.6 is 0 Å². The summed E-state index contributed by atoms with van der Waals surface area (Å²) in [7, 11) is 5.60. The highest BCUT2D eigenvalue weighted by Gasteiger charge is 2.40. The van der Waals surface area contributed by atoms with Crippen LogP contribution < -0.4 is 10.2 Å². The molecule has 1 amide bonds. The molecule has 1 fully saturated rings. The summed E-state index contributed by atoms with van der Waals surface area (Å²) in [4.78, 5) is 21.0. The maximum atomic E-state index is 12.8. The molecule has 2 aromatic rings. The van der Waals surface area contributed by atoms with Gasteiger partial charge in [-0.15, -0.1) is 0 Å². The van der Waals surface area contributed by atoms with Crippen LogP contribution in [-0.4, -0.2) is 80.0 Å². The van der Waals surface area contributed by atoms with E-state index in [4.69, 9.17) is 9.15 Å². The summed E-state index contributed by atoms with van der Waals surface area (Å²) in [5.41, 5.74) is 0.887. The largest absolute Gasteiger partial charge is 0.423 e. The Morgan fingerprint density at radius 3 is 2.96 bits per heavy atom. The second kappa shape index (κ2) is 7.22. The number of nitrogens with one attached hydrogen (secondary N) is 1. The zero-order valence-corrected chi connectivity index (χ0v) is 15.7. The van der Waals surface area contributed by atoms with Crippen molar-refractivity contribution >= 4 is 23.0 Å². The number of carbonyl (C=O) groups excluding carboxylic acids is 1. The summed E-state index contributed by atoms with van der Waals surface area (Å²) in [5.74, 6) is -0.256. The van der Waals surface area contributed by atoms with Gasteiger partial charge in [0, 0.05) is 26.7 Å². The van der Waals surface area contributed by atoms with E-state index in [0.717, 1.165) is 0 Å². The number of nitrogens with zero attached hydrogens (tertiary/aromatic N) is 3. The maximum absolute atomic E-state index is 12.8. The number of ether oxygens (including phenoxy) is 1. The molecule has 1 aromatic carbocycles. The van der Waals surface area contributed by atoms with Crippen LogP contribution in [0.4, 0.5) is 6.01 Å². The molecule has 0 spiro atoms. The Labute approximate surface area is 152 Å². The SMILES string of the molecule is C[C@@H]1COC[C@@](CO)(CNC(=O)c2cccc3oc(N(C)C)nc23)N1C. The highest BCUT2D eigenvalue weighted by atomic mass is 16.5. The van der Waals surface area contributed by atoms with E-state index in [2.05, 4.69) is 15.2 Å². The fraction of sp³-hybridized carbons (Fsp3) is 0.556. The van der Waals surface area contributed by atoms with Gasteiger partial charge in [0.15, 0.2) is 5.58 Å². The Morgan fingerprint density at radius 2 is 2.27 bits per heavy atom. The number of aromatic nitrogens is 1. The van der Waals surface area contributed by atoms with Crippen molar-refractivity contribution in [1.29, 1.82) is 0 Å². The van der Waals surface area contributed by atoms with Gasteiger partial charge in [-0.3, -0.25) is 9.69 Å². The average molecular weight is 362 g/mol. The Morgan fingerprint density at radius 1 is 1.50 bits per heavy atom. The second-order valence-corrected chi connectivity index (χ2v) is 7.08. The summed E-state index contributed by atoms with van der Waals surface area (Å²) in [6.45, 7) is 3.18. The van der Waals surface area contributed by atoms with Crippen LogP contribution in [0.25, 0.3) is 11.1 Å². The number of amides is 1. The molecular formula is C18H26N4O4. The van der Waals surface area contributed by atoms with E-state index < -0.39 is 5.54 Å². The third-order valence-electron chi connectivity index (χ3n) is 5.05. The number of hydrogen-bond acceptors (Lipinski definition) is 7. The van der Waals surface area contributed by atoms with Crippen LogP contribution in [0.15, 0.2) is 22.6 Å². The van der Waals surface area contributed by atoms with Gasteiger partial charge in [-0.1, -0.05) is 6.07 Å². The van der Waals surface area contributed by atoms with Crippen molar-refractivity contribution in [3.05, 3.63) is 23.8 Å². The van der Waals surface area contributed by atoms with Crippen LogP contribution in [0.2, 0.25) is 0 Å². The molecule has 2 heterocycles. The van der Waals surface area contributed by atoms with Crippen LogP contribution in [0.5, 0.6) is 0 Å². The van der Waals surface area contributed by atoms with Crippen molar-refractivity contribution in [2.75, 3.05) is 52.4 Å². The second-order valence-electron chi connectivity index (χ2n) is 7.08. The van der Waals surface area contributed by atoms with E-state index >= 15 is 0 Å². The normalized spacial score (nSPS) is 24.0. The third kappa shape index (κ3) is 3.27. The number of aliphatic hydroxyl groups is 1. The number of carbonyl (C=O) groups is 1. The lowest BCUT2D eigenvalue weighted by molar-refractivity contribution is -0.105. The number of benzene rings is 1. The molecule has 0 bridgehead atoms. The lowest BCUT2D eigenvalue weighted by atomic mass is 9.96. The average Bonchev–Trinajstić information content (AvgIpc) is 3.07. The van der Waals surface area contributed by atoms with Crippen molar-refractivity contribution in [3.8, 4) is 0 Å². The van der Waals surface area contributed by atoms with Gasteiger partial charge in [-0.2, -0.15) is 4.98 Å². The predicted molar refractivity (Wildman–Crippen MR) is 98.5 cm³/mol. The van der Waals surface area contributed by atoms with Crippen molar-refractivity contribution in [2.24, 2.45) is 0 Å². The molecule has 2 N–H and O–H groups in total. The van der Waals surface area contributed by atoms with Gasteiger partial charge in [0.1, 0.15) is 5.52 Å². The summed E-state index contributed by atoms with van der Waals surface area (Å²) in [6, 6.07) is 5.87. The summed E-state index contributed by atoms with van der Waals surface area (Å²) in [6.07, 6.45) is 0. The van der Waals surface area contributed by atoms with Crippen LogP contribution in [0.1, 0.15) is 17.3 Å². The fourth-order valence-corrected chi connectivity index (χ4v) is 3.14. The van der Waals surface area contributed by atoms with E-state index in [1.165, 1.54) is 0 Å². The first-order chi connectivity index (χ1) is 12.4. The standard InChI is InChI=1S/C18H26N4O4/c1-12-8-25-11-18(10-23,22(12)4)9-19-16(24)13-6-5-7-14-15(13)20-17(26-14)21(2)3/h5-7,12,23H,8-11H2,1-4H3,(H,19,24)/t12-,18+/m1/s1. The molecule has 2 atom stereocenters. The van der Waals surface area contributed by atoms with E-state index in [9.17, 15) is 9.90 Å².